The number of nitrogens with one attached hydrogen (secondary N) is 1. The molecule has 3 aliphatic heterocycles. The first-order chi connectivity index (χ1) is 23.5. The van der Waals surface area contributed by atoms with Crippen molar-refractivity contribution in [2.75, 3.05) is 25.0 Å². The van der Waals surface area contributed by atoms with Gasteiger partial charge in [-0.2, -0.15) is 0 Å². The van der Waals surface area contributed by atoms with Crippen LogP contribution >= 0.6 is 15.9 Å². The Morgan fingerprint density at radius 2 is 1.76 bits per heavy atom. The van der Waals surface area contributed by atoms with Gasteiger partial charge < -0.3 is 0 Å². The first kappa shape index (κ1) is 32.9. The van der Waals surface area contributed by atoms with Crippen LogP contribution in [0.4, 0.5) is 5.82 Å². The third-order valence-corrected chi connectivity index (χ3v) is 15.5. The summed E-state index contributed by atoms with van der Waals surface area (Å²) in [6.07, 6.45) is 8.19. The van der Waals surface area contributed by atoms with Crippen LogP contribution in [0.3, 0.4) is 0 Å². The molecule has 4 fully saturated rings. The van der Waals surface area contributed by atoms with E-state index in [-0.39, 0.29) is 52.8 Å². The van der Waals surface area contributed by atoms with Crippen molar-refractivity contribution in [2.45, 2.75) is 73.4 Å². The Morgan fingerprint density at radius 1 is 1.02 bits per heavy atom. The molecule has 1 aromatic carbocycles. The Hall–Kier alpha value is -3.30. The molecule has 8 rings (SSSR count). The summed E-state index contributed by atoms with van der Waals surface area (Å²) in [6, 6.07) is 7.11. The van der Waals surface area contributed by atoms with E-state index in [2.05, 4.69) is 41.1 Å². The fourth-order valence-electron chi connectivity index (χ4n) is 8.37. The van der Waals surface area contributed by atoms with E-state index in [1.165, 1.54) is 26.2 Å². The van der Waals surface area contributed by atoms with E-state index in [0.29, 0.717) is 33.7 Å². The average molecular weight is 839 g/mol. The van der Waals surface area contributed by atoms with E-state index in [9.17, 15) is 14.4 Å². The van der Waals surface area contributed by atoms with Crippen LogP contribution in [0.1, 0.15) is 60.0 Å². The van der Waals surface area contributed by atoms with Gasteiger partial charge in [-0.15, -0.1) is 0 Å². The number of nitrogens with zero attached hydrogens (tertiary/aromatic N) is 7. The number of aromatic nitrogens is 5. The number of hydrogen-bond acceptors (Lipinski definition) is 8. The predicted molar refractivity (Wildman–Crippen MR) is 185 cm³/mol. The average Bonchev–Trinajstić information content (AvgIpc) is 3.46. The number of carbonyl (C=O) groups excluding carboxylic acids is 3. The van der Waals surface area contributed by atoms with E-state index < -0.39 is 6.04 Å². The van der Waals surface area contributed by atoms with Gasteiger partial charge in [0, 0.05) is 0 Å². The van der Waals surface area contributed by atoms with Crippen LogP contribution in [0.2, 0.25) is 0 Å². The molecule has 1 aliphatic carbocycles. The van der Waals surface area contributed by atoms with Crippen molar-refractivity contribution in [3.8, 4) is 11.1 Å². The number of ketones is 1. The number of aryl methyl sites for hydroxylation is 3. The number of alkyl halides is 2. The zero-order chi connectivity index (χ0) is 34.2. The number of benzene rings is 1. The molecule has 2 amide bonds. The van der Waals surface area contributed by atoms with Crippen LogP contribution in [0, 0.1) is 32.6 Å². The number of hydrogen-bond donors (Lipinski definition) is 1. The second-order valence-corrected chi connectivity index (χ2v) is 19.0. The SMILES string of the molecule is CC(=O)c1nn(CC(=O)N2[C@H](C(=O)Nc3nc(Br)ccc3C)C[C@@]3(CN4C[C@H]5CCC[C@H]5C4)[I-][C@@H]23)c2c(C)cc(-c3cnc(C)nc3)cc12. The Kier molecular flexibility index (Phi) is 8.37. The van der Waals surface area contributed by atoms with Gasteiger partial charge in [0.05, 0.1) is 0 Å². The molecular formula is C36H39BrIN8O3-. The molecule has 0 unspecified atom stereocenters. The molecular weight excluding hydrogens is 799 g/mol. The van der Waals surface area contributed by atoms with Gasteiger partial charge in [-0.25, -0.2) is 0 Å². The standard InChI is InChI=1S/C36H39BrIN8O3/c1-19-8-9-29(37)41-33(19)42-34(49)28-12-36(18-44-15-23-6-5-7-24(23)16-44)35(38-36)46(28)30(48)17-45-32-20(2)10-25(26-13-39-22(4)40-14-26)11-27(32)31(43-45)21(3)47/h8-11,13-14,23-24,28,35H,5-7,12,15-18H2,1-4H3,(H,41,42,49)/q-1/t23-,24+,28-,35-,36-/m0/s1. The van der Waals surface area contributed by atoms with Crippen LogP contribution in [-0.4, -0.2) is 85.3 Å². The Bertz CT molecular complexity index is 2010. The summed E-state index contributed by atoms with van der Waals surface area (Å²) in [5, 5.41) is 8.46. The number of anilines is 1. The predicted octanol–water partition coefficient (Wildman–Crippen LogP) is 1.92. The number of likely N-dealkylation sites (tertiary alicyclic amines) is 2. The number of carbonyl (C=O) groups is 3. The molecule has 3 saturated heterocycles. The van der Waals surface area contributed by atoms with Gasteiger partial charge in [0.15, 0.2) is 0 Å². The quantitative estimate of drug-likeness (QED) is 0.0940. The summed E-state index contributed by atoms with van der Waals surface area (Å²) in [5.41, 5.74) is 4.52. The van der Waals surface area contributed by atoms with Crippen LogP contribution < -0.4 is 26.5 Å². The van der Waals surface area contributed by atoms with Gasteiger partial charge in [0.1, 0.15) is 5.82 Å². The molecule has 1 N–H and O–H groups in total. The van der Waals surface area contributed by atoms with E-state index in [1.54, 1.807) is 17.1 Å². The first-order valence-corrected chi connectivity index (χ1v) is 20.0. The third kappa shape index (κ3) is 5.98. The fourth-order valence-corrected chi connectivity index (χ4v) is 12.8. The summed E-state index contributed by atoms with van der Waals surface area (Å²) in [4.78, 5) is 59.1. The van der Waals surface area contributed by atoms with E-state index >= 15 is 0 Å². The molecule has 0 bridgehead atoms. The summed E-state index contributed by atoms with van der Waals surface area (Å²) in [7, 11) is 0. The third-order valence-electron chi connectivity index (χ3n) is 10.8. The minimum atomic E-state index is -0.600. The van der Waals surface area contributed by atoms with Crippen LogP contribution in [0.15, 0.2) is 41.3 Å². The van der Waals surface area contributed by atoms with Gasteiger partial charge in [0.25, 0.3) is 0 Å². The topological polar surface area (TPSA) is 126 Å². The molecule has 6 heterocycles. The summed E-state index contributed by atoms with van der Waals surface area (Å²) >= 11 is 3.11. The van der Waals surface area contributed by atoms with Crippen molar-refractivity contribution in [1.29, 1.82) is 0 Å². The van der Waals surface area contributed by atoms with Gasteiger partial charge in [0.2, 0.25) is 0 Å². The number of Topliss-reactive ketones (excluding diaryl/α,β-unsaturated/α-hetero) is 1. The van der Waals surface area contributed by atoms with Gasteiger partial charge >= 0.3 is 293 Å². The molecule has 5 atom stereocenters. The molecule has 13 heteroatoms. The minimum absolute atomic E-state index is 0.00653. The Morgan fingerprint density at radius 3 is 2.47 bits per heavy atom. The summed E-state index contributed by atoms with van der Waals surface area (Å²) in [6.45, 7) is 10.4. The zero-order valence-electron chi connectivity index (χ0n) is 28.0. The first-order valence-electron chi connectivity index (χ1n) is 16.9. The summed E-state index contributed by atoms with van der Waals surface area (Å²) in [5.74, 6) is 2.24. The molecule has 256 valence electrons. The van der Waals surface area contributed by atoms with Crippen LogP contribution in [0.25, 0.3) is 22.0 Å². The van der Waals surface area contributed by atoms with E-state index in [0.717, 1.165) is 59.2 Å². The molecule has 0 radical (unpaired) electrons. The van der Waals surface area contributed by atoms with E-state index in [4.69, 9.17) is 5.10 Å². The number of fused-ring (bicyclic) bond motifs is 3. The van der Waals surface area contributed by atoms with Crippen molar-refractivity contribution in [3.05, 3.63) is 63.9 Å². The zero-order valence-corrected chi connectivity index (χ0v) is 31.8. The number of pyridine rings is 1. The second-order valence-electron chi connectivity index (χ2n) is 14.2. The molecule has 11 nitrogen and oxygen atoms in total. The maximum absolute atomic E-state index is 14.5. The van der Waals surface area contributed by atoms with Crippen LogP contribution in [0.5, 0.6) is 0 Å². The maximum atomic E-state index is 14.5. The number of rotatable bonds is 8. The molecule has 49 heavy (non-hydrogen) atoms. The van der Waals surface area contributed by atoms with Crippen LogP contribution in [-0.2, 0) is 16.1 Å². The fraction of sp³-hybridized carbons (Fsp3) is 0.472. The second kappa shape index (κ2) is 12.5. The number of halogens is 2. The van der Waals surface area contributed by atoms with Crippen molar-refractivity contribution in [2.24, 2.45) is 11.8 Å². The Balaban J connectivity index is 1.10. The molecule has 3 aromatic heterocycles. The van der Waals surface area contributed by atoms with Crippen molar-refractivity contribution < 1.29 is 35.6 Å². The Labute approximate surface area is 304 Å². The molecule has 0 spiro atoms. The van der Waals surface area contributed by atoms with Crippen molar-refractivity contribution in [1.82, 2.24) is 34.5 Å². The molecule has 4 aromatic rings. The van der Waals surface area contributed by atoms with Gasteiger partial charge in [-0.05, 0) is 6.92 Å². The number of amides is 2. The normalized spacial score (nSPS) is 26.0. The van der Waals surface area contributed by atoms with Crippen molar-refractivity contribution in [3.63, 3.8) is 0 Å². The summed E-state index contributed by atoms with van der Waals surface area (Å²) < 4.78 is 2.40. The van der Waals surface area contributed by atoms with E-state index in [1.807, 2.05) is 49.9 Å². The van der Waals surface area contributed by atoms with Gasteiger partial charge in [-0.1, -0.05) is 0 Å². The molecule has 1 saturated carbocycles. The van der Waals surface area contributed by atoms with Gasteiger partial charge in [-0.3, -0.25) is 0 Å². The van der Waals surface area contributed by atoms with Crippen molar-refractivity contribution >= 4 is 50.2 Å². The molecule has 4 aliphatic rings. The monoisotopic (exact) mass is 837 g/mol.